The third-order valence-electron chi connectivity index (χ3n) is 7.97. The number of aromatic nitrogens is 3. The molecule has 4 heterocycles. The topological polar surface area (TPSA) is 38.7 Å². The van der Waals surface area contributed by atoms with Gasteiger partial charge in [-0.1, -0.05) is 67.0 Å². The van der Waals surface area contributed by atoms with Crippen LogP contribution < -0.4 is 5.19 Å². The Bertz CT molecular complexity index is 2280. The van der Waals surface area contributed by atoms with E-state index in [1.165, 1.54) is 22.7 Å². The molecule has 0 unspecified atom stereocenters. The third-order valence-corrected chi connectivity index (χ3v) is 11.1. The summed E-state index contributed by atoms with van der Waals surface area (Å²) in [5, 5.41) is 3.22. The average molecular weight is 833 g/mol. The van der Waals surface area contributed by atoms with Crippen LogP contribution in [0, 0.1) is 45.6 Å². The van der Waals surface area contributed by atoms with Gasteiger partial charge in [0.2, 0.25) is 0 Å². The van der Waals surface area contributed by atoms with Gasteiger partial charge in [-0.25, -0.2) is 9.37 Å². The van der Waals surface area contributed by atoms with Crippen LogP contribution in [0.5, 0.6) is 0 Å². The standard InChI is InChI=1S/C26H20FN2S.C14H16NSi.Ir/c1-14-10-15(2)24(16(3)11-14)21-12-23(28-13-22(21)27)20-7-5-6-18-19-9-8-17(4)29-26(19)30-25(18)20;1-16(2,3)13-9-10-14(15-11-13)12-7-5-4-6-8-12;/h5-6,8-13H,1-4H3;4-7,9-11H,1-3H3;/q2*-1;/i4D3;;. The molecule has 0 amide bonds. The summed E-state index contributed by atoms with van der Waals surface area (Å²) >= 11 is 1.40. The summed E-state index contributed by atoms with van der Waals surface area (Å²) in [6.45, 7) is 10.7. The first-order valence-corrected chi connectivity index (χ1v) is 19.4. The molecule has 0 spiro atoms. The van der Waals surface area contributed by atoms with Gasteiger partial charge in [-0.3, -0.25) is 0 Å². The zero-order valence-electron chi connectivity index (χ0n) is 30.1. The molecule has 0 fully saturated rings. The Labute approximate surface area is 299 Å². The normalized spacial score (nSPS) is 12.4. The molecule has 1 radical (unpaired) electrons. The van der Waals surface area contributed by atoms with Gasteiger partial charge in [-0.2, -0.15) is 11.3 Å². The van der Waals surface area contributed by atoms with Crippen molar-refractivity contribution in [1.29, 1.82) is 0 Å². The van der Waals surface area contributed by atoms with Crippen LogP contribution in [0.3, 0.4) is 0 Å². The summed E-state index contributed by atoms with van der Waals surface area (Å²) in [5.74, 6) is -0.374. The van der Waals surface area contributed by atoms with Gasteiger partial charge < -0.3 is 9.97 Å². The molecule has 0 aliphatic carbocycles. The average Bonchev–Trinajstić information content (AvgIpc) is 3.44. The molecule has 239 valence electrons. The second-order valence-corrected chi connectivity index (χ2v) is 18.6. The van der Waals surface area contributed by atoms with Gasteiger partial charge in [0.25, 0.3) is 0 Å². The fraction of sp³-hybridized carbons (Fsp3) is 0.175. The van der Waals surface area contributed by atoms with E-state index >= 15 is 0 Å². The van der Waals surface area contributed by atoms with Crippen LogP contribution in [-0.2, 0) is 20.1 Å². The van der Waals surface area contributed by atoms with Gasteiger partial charge >= 0.3 is 0 Å². The molecule has 0 N–H and O–H groups in total. The maximum atomic E-state index is 14.9. The van der Waals surface area contributed by atoms with Crippen molar-refractivity contribution < 1.29 is 28.6 Å². The van der Waals surface area contributed by atoms with Crippen LogP contribution in [-0.4, -0.2) is 23.0 Å². The second-order valence-electron chi connectivity index (χ2n) is 12.5. The fourth-order valence-corrected chi connectivity index (χ4v) is 7.95. The Morgan fingerprint density at radius 3 is 2.23 bits per heavy atom. The Morgan fingerprint density at radius 2 is 1.57 bits per heavy atom. The molecule has 47 heavy (non-hydrogen) atoms. The van der Waals surface area contributed by atoms with Crippen molar-refractivity contribution in [2.45, 2.75) is 47.3 Å². The Hall–Kier alpha value is -3.87. The predicted molar refractivity (Wildman–Crippen MR) is 195 cm³/mol. The van der Waals surface area contributed by atoms with Gasteiger partial charge in [0, 0.05) is 41.7 Å². The first kappa shape index (κ1) is 30.5. The minimum atomic E-state index is -2.27. The zero-order valence-corrected chi connectivity index (χ0v) is 31.3. The molecule has 3 aromatic carbocycles. The number of fused-ring (bicyclic) bond motifs is 3. The van der Waals surface area contributed by atoms with Crippen molar-refractivity contribution in [3.8, 4) is 33.6 Å². The molecule has 7 rings (SSSR count). The van der Waals surface area contributed by atoms with E-state index in [1.54, 1.807) is 18.2 Å². The summed E-state index contributed by atoms with van der Waals surface area (Å²) in [7, 11) is -1.23. The zero-order chi connectivity index (χ0) is 35.1. The number of aryl methyl sites for hydroxylation is 4. The number of halogens is 1. The van der Waals surface area contributed by atoms with E-state index in [4.69, 9.17) is 4.11 Å². The smallest absolute Gasteiger partial charge is 0.147 e. The summed E-state index contributed by atoms with van der Waals surface area (Å²) in [6, 6.07) is 31.7. The molecule has 7 aromatic rings. The summed E-state index contributed by atoms with van der Waals surface area (Å²) < 4.78 is 38.8. The van der Waals surface area contributed by atoms with E-state index in [-0.39, 0.29) is 31.6 Å². The van der Waals surface area contributed by atoms with Crippen LogP contribution >= 0.6 is 11.3 Å². The van der Waals surface area contributed by atoms with Crippen molar-refractivity contribution in [3.63, 3.8) is 0 Å². The number of nitrogens with zero attached hydrogens (tertiary/aromatic N) is 3. The minimum Gasteiger partial charge on any atom is -0.305 e. The molecule has 0 saturated carbocycles. The summed E-state index contributed by atoms with van der Waals surface area (Å²) in [4.78, 5) is 13.9. The number of hydrogen-bond donors (Lipinski definition) is 0. The SMILES string of the molecule is C[Si](C)(C)c1ccc(-c2[c-]cccc2)nc1.[2H]C([2H])([2H])c1ccc2c(n1)sc1c(-c3cc(-c4c(C)cc(C)cc4C)c(F)cn3)[c-]ccc12.[Ir]. The van der Waals surface area contributed by atoms with Gasteiger partial charge in [0.1, 0.15) is 10.6 Å². The second kappa shape index (κ2) is 14.1. The van der Waals surface area contributed by atoms with Gasteiger partial charge in [-0.05, 0) is 77.0 Å². The van der Waals surface area contributed by atoms with E-state index in [1.807, 2.05) is 63.4 Å². The molecule has 3 nitrogen and oxygen atoms in total. The Morgan fingerprint density at radius 1 is 0.809 bits per heavy atom. The molecular formula is C40H36FIrN3SSi-2. The van der Waals surface area contributed by atoms with Crippen LogP contribution in [0.1, 0.15) is 26.5 Å². The number of thiophene rings is 1. The molecule has 0 atom stereocenters. The van der Waals surface area contributed by atoms with Crippen molar-refractivity contribution in [1.82, 2.24) is 15.0 Å². The molecule has 0 aliphatic rings. The first-order chi connectivity index (χ1) is 23.2. The number of benzene rings is 3. The molecule has 0 saturated heterocycles. The monoisotopic (exact) mass is 833 g/mol. The molecular weight excluding hydrogens is 794 g/mol. The maximum Gasteiger partial charge on any atom is 0.147 e. The van der Waals surface area contributed by atoms with Crippen LogP contribution in [0.25, 0.3) is 53.9 Å². The fourth-order valence-electron chi connectivity index (χ4n) is 5.73. The van der Waals surface area contributed by atoms with Crippen LogP contribution in [0.2, 0.25) is 19.6 Å². The van der Waals surface area contributed by atoms with Gasteiger partial charge in [0.05, 0.1) is 14.3 Å². The number of pyridine rings is 3. The number of rotatable bonds is 4. The summed E-state index contributed by atoms with van der Waals surface area (Å²) in [6.07, 6.45) is 3.27. The maximum absolute atomic E-state index is 14.9. The largest absolute Gasteiger partial charge is 0.305 e. The van der Waals surface area contributed by atoms with E-state index in [0.717, 1.165) is 54.5 Å². The third kappa shape index (κ3) is 7.34. The molecule has 7 heteroatoms. The predicted octanol–water partition coefficient (Wildman–Crippen LogP) is 10.4. The number of hydrogen-bond acceptors (Lipinski definition) is 4. The van der Waals surface area contributed by atoms with Crippen molar-refractivity contribution in [3.05, 3.63) is 132 Å². The van der Waals surface area contributed by atoms with E-state index in [2.05, 4.69) is 71.0 Å². The van der Waals surface area contributed by atoms with Crippen molar-refractivity contribution >= 4 is 44.9 Å². The Balaban J connectivity index is 0.000000241. The Kier molecular flexibility index (Phi) is 9.13. The summed E-state index contributed by atoms with van der Waals surface area (Å²) in [5.41, 5.74) is 8.01. The first-order valence-electron chi connectivity index (χ1n) is 16.6. The van der Waals surface area contributed by atoms with Crippen LogP contribution in [0.15, 0.2) is 91.3 Å². The van der Waals surface area contributed by atoms with Crippen LogP contribution in [0.4, 0.5) is 4.39 Å². The van der Waals surface area contributed by atoms with Gasteiger partial charge in [0.15, 0.2) is 0 Å². The van der Waals surface area contributed by atoms with E-state index in [9.17, 15) is 4.39 Å². The van der Waals surface area contributed by atoms with Crippen molar-refractivity contribution in [2.75, 3.05) is 0 Å². The molecule has 0 bridgehead atoms. The van der Waals surface area contributed by atoms with Gasteiger partial charge in [-0.15, -0.1) is 59.7 Å². The molecule has 4 aromatic heterocycles. The molecule has 0 aliphatic heterocycles. The quantitative estimate of drug-likeness (QED) is 0.131. The van der Waals surface area contributed by atoms with E-state index in [0.29, 0.717) is 16.1 Å². The van der Waals surface area contributed by atoms with Crippen molar-refractivity contribution in [2.24, 2.45) is 0 Å². The minimum absolute atomic E-state index is 0. The van der Waals surface area contributed by atoms with E-state index < -0.39 is 14.9 Å².